The third-order valence-corrected chi connectivity index (χ3v) is 3.25. The lowest BCUT2D eigenvalue weighted by molar-refractivity contribution is 0.556. The van der Waals surface area contributed by atoms with Gasteiger partial charge in [-0.25, -0.2) is 9.37 Å². The molecule has 1 aromatic carbocycles. The molecule has 19 heavy (non-hydrogen) atoms. The molecule has 1 N–H and O–H groups in total. The van der Waals surface area contributed by atoms with E-state index in [1.165, 1.54) is 6.07 Å². The fraction of sp³-hybridized carbons (Fsp3) is 0.400. The number of para-hydroxylation sites is 1. The molecule has 1 aromatic heterocycles. The zero-order chi connectivity index (χ0) is 13.8. The van der Waals surface area contributed by atoms with E-state index in [2.05, 4.69) is 24.1 Å². The minimum Gasteiger partial charge on any atom is -0.310 e. The van der Waals surface area contributed by atoms with Gasteiger partial charge in [0.15, 0.2) is 0 Å². The van der Waals surface area contributed by atoms with Crippen LogP contribution in [0.4, 0.5) is 4.39 Å². The van der Waals surface area contributed by atoms with Crippen LogP contribution in [-0.4, -0.2) is 16.1 Å². The Labute approximate surface area is 113 Å². The van der Waals surface area contributed by atoms with Crippen molar-refractivity contribution in [1.29, 1.82) is 0 Å². The molecule has 2 aromatic rings. The average molecular weight is 261 g/mol. The first kappa shape index (κ1) is 13.7. The van der Waals surface area contributed by atoms with Crippen LogP contribution in [0.2, 0.25) is 0 Å². The summed E-state index contributed by atoms with van der Waals surface area (Å²) in [5.74, 6) is 0.567. The molecule has 0 amide bonds. The third kappa shape index (κ3) is 2.84. The topological polar surface area (TPSA) is 29.9 Å². The lowest BCUT2D eigenvalue weighted by atomic mass is 10.1. The van der Waals surface area contributed by atoms with Crippen LogP contribution in [0.15, 0.2) is 30.6 Å². The van der Waals surface area contributed by atoms with Crippen LogP contribution in [0.25, 0.3) is 5.69 Å². The summed E-state index contributed by atoms with van der Waals surface area (Å²) < 4.78 is 16.0. The molecule has 2 rings (SSSR count). The quantitative estimate of drug-likeness (QED) is 0.894. The molecule has 0 aliphatic heterocycles. The van der Waals surface area contributed by atoms with Gasteiger partial charge in [0, 0.05) is 18.4 Å². The van der Waals surface area contributed by atoms with Gasteiger partial charge in [0.2, 0.25) is 0 Å². The van der Waals surface area contributed by atoms with E-state index in [1.807, 2.05) is 13.0 Å². The molecule has 4 heteroatoms. The zero-order valence-electron chi connectivity index (χ0n) is 11.7. The highest BCUT2D eigenvalue weighted by Crippen LogP contribution is 2.25. The monoisotopic (exact) mass is 261 g/mol. The van der Waals surface area contributed by atoms with E-state index in [4.69, 9.17) is 0 Å². The maximum absolute atomic E-state index is 14.2. The summed E-state index contributed by atoms with van der Waals surface area (Å²) >= 11 is 0. The molecule has 1 heterocycles. The highest BCUT2D eigenvalue weighted by molar-refractivity contribution is 5.45. The van der Waals surface area contributed by atoms with E-state index < -0.39 is 0 Å². The van der Waals surface area contributed by atoms with Crippen molar-refractivity contribution in [1.82, 2.24) is 14.9 Å². The molecule has 1 atom stereocenters. The van der Waals surface area contributed by atoms with E-state index in [1.54, 1.807) is 23.0 Å². The lowest BCUT2D eigenvalue weighted by Crippen LogP contribution is -2.21. The van der Waals surface area contributed by atoms with Crippen LogP contribution in [0.1, 0.15) is 37.7 Å². The van der Waals surface area contributed by atoms with Gasteiger partial charge in [0.1, 0.15) is 11.6 Å². The number of halogens is 1. The van der Waals surface area contributed by atoms with E-state index in [9.17, 15) is 4.39 Å². The summed E-state index contributed by atoms with van der Waals surface area (Å²) in [7, 11) is 0. The highest BCUT2D eigenvalue weighted by Gasteiger charge is 2.16. The molecule has 0 bridgehead atoms. The molecular weight excluding hydrogens is 241 g/mol. The summed E-state index contributed by atoms with van der Waals surface area (Å²) in [6.45, 7) is 6.97. The minimum absolute atomic E-state index is 0.104. The Bertz CT molecular complexity index is 548. The van der Waals surface area contributed by atoms with Gasteiger partial charge in [-0.2, -0.15) is 0 Å². The van der Waals surface area contributed by atoms with E-state index in [-0.39, 0.29) is 11.9 Å². The second kappa shape index (κ2) is 5.97. The van der Waals surface area contributed by atoms with Crippen molar-refractivity contribution in [3.8, 4) is 5.69 Å². The summed E-state index contributed by atoms with van der Waals surface area (Å²) in [5, 5.41) is 3.40. The normalized spacial score (nSPS) is 12.6. The van der Waals surface area contributed by atoms with Crippen LogP contribution in [0, 0.1) is 12.7 Å². The smallest absolute Gasteiger partial charge is 0.147 e. The molecule has 1 unspecified atom stereocenters. The van der Waals surface area contributed by atoms with Gasteiger partial charge in [-0.1, -0.05) is 19.1 Å². The van der Waals surface area contributed by atoms with Gasteiger partial charge >= 0.3 is 0 Å². The van der Waals surface area contributed by atoms with Gasteiger partial charge < -0.3 is 9.88 Å². The number of imidazole rings is 1. The van der Waals surface area contributed by atoms with Crippen LogP contribution in [-0.2, 0) is 0 Å². The van der Waals surface area contributed by atoms with Crippen molar-refractivity contribution in [3.63, 3.8) is 0 Å². The van der Waals surface area contributed by atoms with Gasteiger partial charge in [0.25, 0.3) is 0 Å². The maximum atomic E-state index is 14.2. The van der Waals surface area contributed by atoms with Crippen molar-refractivity contribution >= 4 is 0 Å². The van der Waals surface area contributed by atoms with Crippen molar-refractivity contribution in [2.24, 2.45) is 0 Å². The maximum Gasteiger partial charge on any atom is 0.147 e. The fourth-order valence-electron chi connectivity index (χ4n) is 2.22. The summed E-state index contributed by atoms with van der Waals surface area (Å²) in [4.78, 5) is 4.17. The largest absolute Gasteiger partial charge is 0.310 e. The molecule has 0 saturated heterocycles. The number of aromatic nitrogens is 2. The number of nitrogens with zero attached hydrogens (tertiary/aromatic N) is 2. The van der Waals surface area contributed by atoms with E-state index >= 15 is 0 Å². The van der Waals surface area contributed by atoms with Gasteiger partial charge in [-0.05, 0) is 38.4 Å². The standard InChI is InChI=1S/C15H20FN3/c1-4-8-17-11(2)13-6-5-7-14(16)15(13)19-10-9-18-12(19)3/h5-7,9-11,17H,4,8H2,1-3H3. The molecule has 0 fully saturated rings. The number of aryl methyl sites for hydroxylation is 1. The van der Waals surface area contributed by atoms with E-state index in [0.29, 0.717) is 5.69 Å². The van der Waals surface area contributed by atoms with Crippen molar-refractivity contribution in [2.45, 2.75) is 33.2 Å². The molecule has 3 nitrogen and oxygen atoms in total. The molecule has 102 valence electrons. The van der Waals surface area contributed by atoms with Crippen molar-refractivity contribution < 1.29 is 4.39 Å². The summed E-state index contributed by atoms with van der Waals surface area (Å²) in [5.41, 5.74) is 1.54. The Balaban J connectivity index is 2.45. The Hall–Kier alpha value is -1.68. The number of rotatable bonds is 5. The predicted molar refractivity (Wildman–Crippen MR) is 75.0 cm³/mol. The first-order chi connectivity index (χ1) is 9.15. The number of hydrogen-bond donors (Lipinski definition) is 1. The molecular formula is C15H20FN3. The Morgan fingerprint density at radius 3 is 2.84 bits per heavy atom. The van der Waals surface area contributed by atoms with Gasteiger partial charge in [-0.3, -0.25) is 0 Å². The zero-order valence-corrected chi connectivity index (χ0v) is 11.7. The summed E-state index contributed by atoms with van der Waals surface area (Å²) in [6.07, 6.45) is 4.54. The third-order valence-electron chi connectivity index (χ3n) is 3.25. The molecule has 0 spiro atoms. The first-order valence-corrected chi connectivity index (χ1v) is 6.67. The molecule has 0 aliphatic rings. The average Bonchev–Trinajstić information content (AvgIpc) is 2.81. The Kier molecular flexibility index (Phi) is 4.32. The second-order valence-corrected chi connectivity index (χ2v) is 4.70. The second-order valence-electron chi connectivity index (χ2n) is 4.70. The van der Waals surface area contributed by atoms with Crippen LogP contribution < -0.4 is 5.32 Å². The van der Waals surface area contributed by atoms with Crippen LogP contribution in [0.3, 0.4) is 0 Å². The lowest BCUT2D eigenvalue weighted by Gasteiger charge is -2.19. The first-order valence-electron chi connectivity index (χ1n) is 6.67. The molecule has 0 saturated carbocycles. The van der Waals surface area contributed by atoms with Crippen molar-refractivity contribution in [3.05, 3.63) is 47.8 Å². The predicted octanol–water partition coefficient (Wildman–Crippen LogP) is 3.38. The summed E-state index contributed by atoms with van der Waals surface area (Å²) in [6, 6.07) is 5.31. The highest BCUT2D eigenvalue weighted by atomic mass is 19.1. The number of hydrogen-bond acceptors (Lipinski definition) is 2. The Morgan fingerprint density at radius 1 is 1.42 bits per heavy atom. The minimum atomic E-state index is -0.219. The molecule has 0 radical (unpaired) electrons. The van der Waals surface area contributed by atoms with Crippen LogP contribution >= 0.6 is 0 Å². The molecule has 0 aliphatic carbocycles. The fourth-order valence-corrected chi connectivity index (χ4v) is 2.22. The number of benzene rings is 1. The van der Waals surface area contributed by atoms with Crippen LogP contribution in [0.5, 0.6) is 0 Å². The van der Waals surface area contributed by atoms with Crippen molar-refractivity contribution in [2.75, 3.05) is 6.54 Å². The SMILES string of the molecule is CCCNC(C)c1cccc(F)c1-n1ccnc1C. The van der Waals surface area contributed by atoms with E-state index in [0.717, 1.165) is 24.4 Å². The van der Waals surface area contributed by atoms with Gasteiger partial charge in [-0.15, -0.1) is 0 Å². The Morgan fingerprint density at radius 2 is 2.21 bits per heavy atom. The number of nitrogens with one attached hydrogen (secondary N) is 1. The van der Waals surface area contributed by atoms with Gasteiger partial charge in [0.05, 0.1) is 5.69 Å².